The molecule has 6 nitrogen and oxygen atoms in total. The van der Waals surface area contributed by atoms with Crippen molar-refractivity contribution in [2.24, 2.45) is 0 Å². The molecule has 1 aliphatic heterocycles. The van der Waals surface area contributed by atoms with Crippen molar-refractivity contribution in [3.8, 4) is 0 Å². The molecule has 1 saturated heterocycles. The second kappa shape index (κ2) is 7.59. The zero-order chi connectivity index (χ0) is 14.4. The van der Waals surface area contributed by atoms with E-state index in [0.717, 1.165) is 32.4 Å². The summed E-state index contributed by atoms with van der Waals surface area (Å²) in [5, 5.41) is 12.5. The van der Waals surface area contributed by atoms with Crippen molar-refractivity contribution < 1.29 is 5.11 Å². The quantitative estimate of drug-likeness (QED) is 0.838. The molecule has 0 aliphatic carbocycles. The molecule has 2 N–H and O–H groups in total. The maximum Gasteiger partial charge on any atom is 0.231 e. The first-order valence-electron chi connectivity index (χ1n) is 7.27. The fraction of sp³-hybridized carbons (Fsp3) is 0.769. The molecular weight excluding hydrogens is 278 g/mol. The Labute approximate surface area is 124 Å². The molecule has 7 heteroatoms. The van der Waals surface area contributed by atoms with Crippen LogP contribution < -0.4 is 10.2 Å². The van der Waals surface area contributed by atoms with Gasteiger partial charge in [0.1, 0.15) is 0 Å². The van der Waals surface area contributed by atoms with Crippen molar-refractivity contribution in [2.75, 3.05) is 29.9 Å². The molecule has 0 radical (unpaired) electrons. The van der Waals surface area contributed by atoms with Crippen LogP contribution in [-0.4, -0.2) is 45.8 Å². The molecular formula is C13H22ClN5O. The zero-order valence-corrected chi connectivity index (χ0v) is 12.6. The highest BCUT2D eigenvalue weighted by Gasteiger charge is 2.16. The molecule has 1 aliphatic rings. The average molecular weight is 300 g/mol. The largest absolute Gasteiger partial charge is 0.396 e. The highest BCUT2D eigenvalue weighted by atomic mass is 35.5. The molecule has 1 fully saturated rings. The summed E-state index contributed by atoms with van der Waals surface area (Å²) in [6.45, 7) is 4.13. The van der Waals surface area contributed by atoms with Gasteiger partial charge in [-0.15, -0.1) is 0 Å². The van der Waals surface area contributed by atoms with E-state index in [1.807, 2.05) is 0 Å². The number of nitrogens with one attached hydrogen (secondary N) is 1. The van der Waals surface area contributed by atoms with Crippen LogP contribution in [0.5, 0.6) is 0 Å². The molecule has 2 rings (SSSR count). The van der Waals surface area contributed by atoms with Gasteiger partial charge in [0.05, 0.1) is 0 Å². The number of aromatic nitrogens is 3. The highest BCUT2D eigenvalue weighted by Crippen LogP contribution is 2.19. The molecule has 2 heterocycles. The number of aliphatic hydroxyl groups excluding tert-OH is 1. The topological polar surface area (TPSA) is 74.2 Å². The third-order valence-corrected chi connectivity index (χ3v) is 3.71. The Hall–Kier alpha value is -1.14. The van der Waals surface area contributed by atoms with Crippen LogP contribution in [-0.2, 0) is 0 Å². The lowest BCUT2D eigenvalue weighted by Gasteiger charge is -2.27. The first kappa shape index (κ1) is 15.3. The van der Waals surface area contributed by atoms with E-state index in [-0.39, 0.29) is 17.9 Å². The summed E-state index contributed by atoms with van der Waals surface area (Å²) in [5.74, 6) is 1.14. The minimum Gasteiger partial charge on any atom is -0.396 e. The van der Waals surface area contributed by atoms with Gasteiger partial charge < -0.3 is 15.3 Å². The van der Waals surface area contributed by atoms with Gasteiger partial charge in [0.2, 0.25) is 17.2 Å². The van der Waals surface area contributed by atoms with Crippen LogP contribution in [0.25, 0.3) is 0 Å². The molecule has 0 amide bonds. The van der Waals surface area contributed by atoms with Crippen LogP contribution in [0.15, 0.2) is 0 Å². The minimum atomic E-state index is 0.142. The summed E-state index contributed by atoms with van der Waals surface area (Å²) in [5.41, 5.74) is 0. The summed E-state index contributed by atoms with van der Waals surface area (Å²) >= 11 is 5.99. The SMILES string of the molecule is CCC(CCO)Nc1nc(Cl)nc(N2CCCCC2)n1. The summed E-state index contributed by atoms with van der Waals surface area (Å²) in [6.07, 6.45) is 5.14. The van der Waals surface area contributed by atoms with Crippen molar-refractivity contribution >= 4 is 23.5 Å². The number of halogens is 1. The molecule has 0 spiro atoms. The summed E-state index contributed by atoms with van der Waals surface area (Å²) < 4.78 is 0. The molecule has 20 heavy (non-hydrogen) atoms. The van der Waals surface area contributed by atoms with Crippen LogP contribution in [0.1, 0.15) is 39.0 Å². The van der Waals surface area contributed by atoms with Gasteiger partial charge in [-0.1, -0.05) is 6.92 Å². The first-order valence-corrected chi connectivity index (χ1v) is 7.64. The Morgan fingerprint density at radius 1 is 1.25 bits per heavy atom. The molecule has 1 unspecified atom stereocenters. The van der Waals surface area contributed by atoms with Crippen LogP contribution in [0.4, 0.5) is 11.9 Å². The smallest absolute Gasteiger partial charge is 0.231 e. The van der Waals surface area contributed by atoms with Gasteiger partial charge in [-0.25, -0.2) is 0 Å². The zero-order valence-electron chi connectivity index (χ0n) is 11.8. The van der Waals surface area contributed by atoms with Gasteiger partial charge in [-0.2, -0.15) is 15.0 Å². The van der Waals surface area contributed by atoms with E-state index < -0.39 is 0 Å². The highest BCUT2D eigenvalue weighted by molar-refractivity contribution is 6.28. The fourth-order valence-corrected chi connectivity index (χ4v) is 2.51. The maximum absolute atomic E-state index is 9.03. The number of hydrogen-bond donors (Lipinski definition) is 2. The summed E-state index contributed by atoms with van der Waals surface area (Å²) in [7, 11) is 0. The predicted molar refractivity (Wildman–Crippen MR) is 80.3 cm³/mol. The number of rotatable bonds is 6. The molecule has 1 aromatic rings. The second-order valence-electron chi connectivity index (χ2n) is 5.04. The molecule has 0 bridgehead atoms. The van der Waals surface area contributed by atoms with Crippen LogP contribution in [0, 0.1) is 0 Å². The van der Waals surface area contributed by atoms with Gasteiger partial charge in [-0.3, -0.25) is 0 Å². The fourth-order valence-electron chi connectivity index (χ4n) is 2.36. The third kappa shape index (κ3) is 4.18. The van der Waals surface area contributed by atoms with E-state index in [9.17, 15) is 0 Å². The van der Waals surface area contributed by atoms with E-state index in [1.54, 1.807) is 0 Å². The van der Waals surface area contributed by atoms with Gasteiger partial charge in [0.15, 0.2) is 0 Å². The Morgan fingerprint density at radius 2 is 2.00 bits per heavy atom. The van der Waals surface area contributed by atoms with Crippen molar-refractivity contribution in [1.29, 1.82) is 0 Å². The Balaban J connectivity index is 2.10. The first-order chi connectivity index (χ1) is 9.72. The lowest BCUT2D eigenvalue weighted by Crippen LogP contribution is -2.31. The van der Waals surface area contributed by atoms with Gasteiger partial charge >= 0.3 is 0 Å². The summed E-state index contributed by atoms with van der Waals surface area (Å²) in [4.78, 5) is 14.9. The van der Waals surface area contributed by atoms with E-state index in [2.05, 4.69) is 32.1 Å². The van der Waals surface area contributed by atoms with Crippen molar-refractivity contribution in [2.45, 2.75) is 45.1 Å². The van der Waals surface area contributed by atoms with Gasteiger partial charge in [0.25, 0.3) is 0 Å². The number of aliphatic hydroxyl groups is 1. The van der Waals surface area contributed by atoms with E-state index in [0.29, 0.717) is 18.3 Å². The van der Waals surface area contributed by atoms with Crippen LogP contribution in [0.3, 0.4) is 0 Å². The van der Waals surface area contributed by atoms with Gasteiger partial charge in [0, 0.05) is 25.7 Å². The van der Waals surface area contributed by atoms with Crippen molar-refractivity contribution in [3.63, 3.8) is 0 Å². The number of anilines is 2. The van der Waals surface area contributed by atoms with Crippen molar-refractivity contribution in [1.82, 2.24) is 15.0 Å². The molecule has 0 aromatic carbocycles. The number of piperidine rings is 1. The lowest BCUT2D eigenvalue weighted by atomic mass is 10.1. The Morgan fingerprint density at radius 3 is 2.65 bits per heavy atom. The minimum absolute atomic E-state index is 0.142. The summed E-state index contributed by atoms with van der Waals surface area (Å²) in [6, 6.07) is 0.146. The average Bonchev–Trinajstić information content (AvgIpc) is 2.47. The van der Waals surface area contributed by atoms with E-state index in [1.165, 1.54) is 6.42 Å². The van der Waals surface area contributed by atoms with Crippen molar-refractivity contribution in [3.05, 3.63) is 5.28 Å². The van der Waals surface area contributed by atoms with Crippen LogP contribution in [0.2, 0.25) is 5.28 Å². The monoisotopic (exact) mass is 299 g/mol. The number of hydrogen-bond acceptors (Lipinski definition) is 6. The third-order valence-electron chi connectivity index (χ3n) is 3.54. The van der Waals surface area contributed by atoms with Crippen LogP contribution >= 0.6 is 11.6 Å². The van der Waals surface area contributed by atoms with E-state index in [4.69, 9.17) is 16.7 Å². The lowest BCUT2D eigenvalue weighted by molar-refractivity contribution is 0.278. The predicted octanol–water partition coefficient (Wildman–Crippen LogP) is 2.09. The standard InChI is InChI=1S/C13H22ClN5O/c1-2-10(6-9-20)15-12-16-11(14)17-13(18-12)19-7-4-3-5-8-19/h10,20H,2-9H2,1H3,(H,15,16,17,18). The Kier molecular flexibility index (Phi) is 5.79. The normalized spacial score (nSPS) is 17.1. The van der Waals surface area contributed by atoms with Gasteiger partial charge in [-0.05, 0) is 43.7 Å². The second-order valence-corrected chi connectivity index (χ2v) is 5.38. The molecule has 1 aromatic heterocycles. The number of nitrogens with zero attached hydrogens (tertiary/aromatic N) is 4. The maximum atomic E-state index is 9.03. The molecule has 112 valence electrons. The molecule has 0 saturated carbocycles. The Bertz CT molecular complexity index is 425. The molecule has 1 atom stereocenters. The van der Waals surface area contributed by atoms with E-state index >= 15 is 0 Å².